The van der Waals surface area contributed by atoms with Crippen molar-refractivity contribution in [3.63, 3.8) is 0 Å². The summed E-state index contributed by atoms with van der Waals surface area (Å²) in [5.74, 6) is 0.0383. The summed E-state index contributed by atoms with van der Waals surface area (Å²) in [5.41, 5.74) is 0.574. The van der Waals surface area contributed by atoms with Gasteiger partial charge in [0.2, 0.25) is 0 Å². The number of hydrogen-bond donors (Lipinski definition) is 1. The first-order chi connectivity index (χ1) is 8.97. The Bertz CT molecular complexity index is 415. The molecule has 0 heterocycles. The van der Waals surface area contributed by atoms with Gasteiger partial charge in [-0.3, -0.25) is 0 Å². The summed E-state index contributed by atoms with van der Waals surface area (Å²) >= 11 is 12.3. The van der Waals surface area contributed by atoms with Gasteiger partial charge < -0.3 is 10.1 Å². The van der Waals surface area contributed by atoms with Gasteiger partial charge >= 0.3 is 5.97 Å². The fourth-order valence-electron chi connectivity index (χ4n) is 1.67. The molecule has 0 fully saturated rings. The van der Waals surface area contributed by atoms with Crippen molar-refractivity contribution in [3.05, 3.63) is 33.8 Å². The van der Waals surface area contributed by atoms with Crippen molar-refractivity contribution >= 4 is 29.2 Å². The fraction of sp³-hybridized carbons (Fsp3) is 0.500. The lowest BCUT2D eigenvalue weighted by atomic mass is 10.1. The van der Waals surface area contributed by atoms with Crippen molar-refractivity contribution in [1.82, 2.24) is 5.32 Å². The van der Waals surface area contributed by atoms with Crippen molar-refractivity contribution in [2.45, 2.75) is 26.8 Å². The minimum atomic E-state index is -0.636. The van der Waals surface area contributed by atoms with E-state index in [9.17, 15) is 4.79 Å². The number of ether oxygens (including phenoxy) is 1. The van der Waals surface area contributed by atoms with Gasteiger partial charge in [0.05, 0.1) is 6.61 Å². The SMILES string of the molecule is CCOC(=O)C(NCC(C)C)c1c(Cl)cccc1Cl. The van der Waals surface area contributed by atoms with Crippen LogP contribution in [0.1, 0.15) is 32.4 Å². The van der Waals surface area contributed by atoms with Crippen LogP contribution in [0, 0.1) is 5.92 Å². The summed E-state index contributed by atoms with van der Waals surface area (Å²) < 4.78 is 5.08. The maximum Gasteiger partial charge on any atom is 0.327 e. The normalized spacial score (nSPS) is 12.5. The van der Waals surface area contributed by atoms with E-state index in [0.29, 0.717) is 34.7 Å². The first kappa shape index (κ1) is 16.3. The number of carbonyl (C=O) groups is 1. The van der Waals surface area contributed by atoms with Crippen molar-refractivity contribution < 1.29 is 9.53 Å². The smallest absolute Gasteiger partial charge is 0.327 e. The zero-order chi connectivity index (χ0) is 14.4. The number of esters is 1. The summed E-state index contributed by atoms with van der Waals surface area (Å²) in [6, 6.07) is 4.54. The van der Waals surface area contributed by atoms with Crippen LogP contribution in [-0.2, 0) is 9.53 Å². The number of nitrogens with one attached hydrogen (secondary N) is 1. The molecule has 1 unspecified atom stereocenters. The lowest BCUT2D eigenvalue weighted by molar-refractivity contribution is -0.145. The largest absolute Gasteiger partial charge is 0.465 e. The summed E-state index contributed by atoms with van der Waals surface area (Å²) in [7, 11) is 0. The molecule has 5 heteroatoms. The second kappa shape index (κ2) is 7.73. The molecule has 3 nitrogen and oxygen atoms in total. The van der Waals surface area contributed by atoms with E-state index in [2.05, 4.69) is 19.2 Å². The van der Waals surface area contributed by atoms with Gasteiger partial charge in [0.25, 0.3) is 0 Å². The van der Waals surface area contributed by atoms with E-state index in [1.54, 1.807) is 25.1 Å². The summed E-state index contributed by atoms with van der Waals surface area (Å²) in [5, 5.41) is 4.08. The van der Waals surface area contributed by atoms with Crippen LogP contribution in [-0.4, -0.2) is 19.1 Å². The van der Waals surface area contributed by atoms with E-state index >= 15 is 0 Å². The molecule has 1 atom stereocenters. The number of hydrogen-bond acceptors (Lipinski definition) is 3. The third kappa shape index (κ3) is 4.68. The molecule has 1 aromatic rings. The molecule has 0 aliphatic heterocycles. The van der Waals surface area contributed by atoms with Crippen LogP contribution in [0.4, 0.5) is 0 Å². The van der Waals surface area contributed by atoms with Crippen LogP contribution in [0.3, 0.4) is 0 Å². The first-order valence-corrected chi connectivity index (χ1v) is 7.06. The standard InChI is InChI=1S/C14H19Cl2NO2/c1-4-19-14(18)13(17-8-9(2)3)12-10(15)6-5-7-11(12)16/h5-7,9,13,17H,4,8H2,1-3H3. The zero-order valence-electron chi connectivity index (χ0n) is 11.4. The maximum absolute atomic E-state index is 12.1. The van der Waals surface area contributed by atoms with Crippen LogP contribution in [0.5, 0.6) is 0 Å². The summed E-state index contributed by atoms with van der Waals surface area (Å²) in [4.78, 5) is 12.1. The van der Waals surface area contributed by atoms with Gasteiger partial charge in [0.15, 0.2) is 0 Å². The Labute approximate surface area is 124 Å². The van der Waals surface area contributed by atoms with Gasteiger partial charge in [-0.2, -0.15) is 0 Å². The number of halogens is 2. The Kier molecular flexibility index (Phi) is 6.63. The highest BCUT2D eigenvalue weighted by Crippen LogP contribution is 2.31. The Morgan fingerprint density at radius 3 is 2.37 bits per heavy atom. The predicted molar refractivity (Wildman–Crippen MR) is 78.7 cm³/mol. The summed E-state index contributed by atoms with van der Waals surface area (Å²) in [6.45, 7) is 6.88. The van der Waals surface area contributed by atoms with Crippen LogP contribution < -0.4 is 5.32 Å². The van der Waals surface area contributed by atoms with E-state index in [0.717, 1.165) is 0 Å². The molecular formula is C14H19Cl2NO2. The first-order valence-electron chi connectivity index (χ1n) is 6.31. The van der Waals surface area contributed by atoms with Gasteiger partial charge in [-0.1, -0.05) is 43.1 Å². The van der Waals surface area contributed by atoms with Crippen molar-refractivity contribution in [3.8, 4) is 0 Å². The van der Waals surface area contributed by atoms with E-state index < -0.39 is 6.04 Å². The monoisotopic (exact) mass is 303 g/mol. The van der Waals surface area contributed by atoms with Crippen molar-refractivity contribution in [2.75, 3.05) is 13.2 Å². The Hall–Kier alpha value is -0.770. The highest BCUT2D eigenvalue weighted by Gasteiger charge is 2.26. The highest BCUT2D eigenvalue weighted by atomic mass is 35.5. The zero-order valence-corrected chi connectivity index (χ0v) is 12.9. The molecule has 1 aromatic carbocycles. The molecule has 0 aliphatic carbocycles. The molecule has 1 N–H and O–H groups in total. The average molecular weight is 304 g/mol. The van der Waals surface area contributed by atoms with Crippen LogP contribution in [0.2, 0.25) is 10.0 Å². The Morgan fingerprint density at radius 2 is 1.89 bits per heavy atom. The van der Waals surface area contributed by atoms with Gasteiger partial charge in [-0.15, -0.1) is 0 Å². The molecule has 0 bridgehead atoms. The van der Waals surface area contributed by atoms with Gasteiger partial charge in [-0.25, -0.2) is 4.79 Å². The molecule has 0 saturated heterocycles. The van der Waals surface area contributed by atoms with Gasteiger partial charge in [-0.05, 0) is 31.5 Å². The second-order valence-electron chi connectivity index (χ2n) is 4.62. The quantitative estimate of drug-likeness (QED) is 0.811. The minimum absolute atomic E-state index is 0.320. The Balaban J connectivity index is 3.04. The average Bonchev–Trinajstić information content (AvgIpc) is 2.32. The maximum atomic E-state index is 12.1. The van der Waals surface area contributed by atoms with Crippen LogP contribution in [0.15, 0.2) is 18.2 Å². The highest BCUT2D eigenvalue weighted by molar-refractivity contribution is 6.36. The summed E-state index contributed by atoms with van der Waals surface area (Å²) in [6.07, 6.45) is 0. The Morgan fingerprint density at radius 1 is 1.32 bits per heavy atom. The van der Waals surface area contributed by atoms with Crippen molar-refractivity contribution in [2.24, 2.45) is 5.92 Å². The van der Waals surface area contributed by atoms with Crippen LogP contribution >= 0.6 is 23.2 Å². The van der Waals surface area contributed by atoms with E-state index in [-0.39, 0.29) is 5.97 Å². The number of benzene rings is 1. The molecule has 0 aromatic heterocycles. The predicted octanol–water partition coefficient (Wildman–Crippen LogP) is 3.84. The van der Waals surface area contributed by atoms with Gasteiger partial charge in [0, 0.05) is 15.6 Å². The minimum Gasteiger partial charge on any atom is -0.465 e. The second-order valence-corrected chi connectivity index (χ2v) is 5.44. The molecule has 1 rings (SSSR count). The molecule has 0 saturated carbocycles. The third-order valence-electron chi connectivity index (χ3n) is 2.54. The lowest BCUT2D eigenvalue weighted by Gasteiger charge is -2.21. The molecule has 0 radical (unpaired) electrons. The molecule has 0 amide bonds. The topological polar surface area (TPSA) is 38.3 Å². The molecule has 19 heavy (non-hydrogen) atoms. The fourth-order valence-corrected chi connectivity index (χ4v) is 2.28. The van der Waals surface area contributed by atoms with E-state index in [1.807, 2.05) is 0 Å². The third-order valence-corrected chi connectivity index (χ3v) is 3.20. The lowest BCUT2D eigenvalue weighted by Crippen LogP contribution is -2.33. The number of rotatable bonds is 6. The van der Waals surface area contributed by atoms with Crippen LogP contribution in [0.25, 0.3) is 0 Å². The van der Waals surface area contributed by atoms with E-state index in [1.165, 1.54) is 0 Å². The number of carbonyl (C=O) groups excluding carboxylic acids is 1. The van der Waals surface area contributed by atoms with E-state index in [4.69, 9.17) is 27.9 Å². The molecular weight excluding hydrogens is 285 g/mol. The van der Waals surface area contributed by atoms with Crippen molar-refractivity contribution in [1.29, 1.82) is 0 Å². The molecule has 0 aliphatic rings. The molecule has 106 valence electrons. The molecule has 0 spiro atoms. The van der Waals surface area contributed by atoms with Gasteiger partial charge in [0.1, 0.15) is 6.04 Å².